The largest absolute Gasteiger partial charge is 0.253 e. The summed E-state index contributed by atoms with van der Waals surface area (Å²) < 4.78 is 0. The van der Waals surface area contributed by atoms with Gasteiger partial charge in [0.05, 0.1) is 0 Å². The molecule has 0 aliphatic rings. The molecule has 2 heterocycles. The summed E-state index contributed by atoms with van der Waals surface area (Å²) in [6.07, 6.45) is 3.43. The molecular formula is C13H13Cl2N3. The van der Waals surface area contributed by atoms with E-state index < -0.39 is 0 Å². The van der Waals surface area contributed by atoms with Crippen molar-refractivity contribution in [3.63, 3.8) is 0 Å². The standard InChI is InChI=1S/C13H13Cl2N3/c1-3-5-9-11(14)17-13(18-12(9)15)10-8(2)6-4-7-16-10/h4,6-7H,3,5H2,1-2H3. The topological polar surface area (TPSA) is 38.7 Å². The van der Waals surface area contributed by atoms with Crippen molar-refractivity contribution >= 4 is 23.2 Å². The fraction of sp³-hybridized carbons (Fsp3) is 0.308. The van der Waals surface area contributed by atoms with Crippen molar-refractivity contribution in [3.8, 4) is 11.5 Å². The molecule has 3 nitrogen and oxygen atoms in total. The second-order valence-electron chi connectivity index (χ2n) is 4.03. The van der Waals surface area contributed by atoms with E-state index in [1.807, 2.05) is 19.1 Å². The summed E-state index contributed by atoms with van der Waals surface area (Å²) in [6.45, 7) is 4.01. The van der Waals surface area contributed by atoms with Gasteiger partial charge < -0.3 is 0 Å². The second kappa shape index (κ2) is 5.63. The van der Waals surface area contributed by atoms with Gasteiger partial charge in [-0.15, -0.1) is 0 Å². The van der Waals surface area contributed by atoms with Crippen LogP contribution in [0.15, 0.2) is 18.3 Å². The lowest BCUT2D eigenvalue weighted by atomic mass is 10.2. The zero-order chi connectivity index (χ0) is 13.1. The molecule has 0 aromatic carbocycles. The zero-order valence-electron chi connectivity index (χ0n) is 10.2. The van der Waals surface area contributed by atoms with Crippen LogP contribution in [0.2, 0.25) is 10.3 Å². The molecule has 94 valence electrons. The predicted molar refractivity (Wildman–Crippen MR) is 74.0 cm³/mol. The number of rotatable bonds is 3. The minimum atomic E-state index is 0.414. The summed E-state index contributed by atoms with van der Waals surface area (Å²) in [5.74, 6) is 0.475. The summed E-state index contributed by atoms with van der Waals surface area (Å²) in [4.78, 5) is 12.8. The molecule has 0 radical (unpaired) electrons. The summed E-state index contributed by atoms with van der Waals surface area (Å²) in [5.41, 5.74) is 2.51. The first-order valence-electron chi connectivity index (χ1n) is 5.77. The molecule has 18 heavy (non-hydrogen) atoms. The van der Waals surface area contributed by atoms with E-state index in [1.54, 1.807) is 6.20 Å². The molecule has 0 aliphatic carbocycles. The van der Waals surface area contributed by atoms with Crippen LogP contribution in [0.1, 0.15) is 24.5 Å². The smallest absolute Gasteiger partial charge is 0.181 e. The van der Waals surface area contributed by atoms with Crippen LogP contribution in [0.3, 0.4) is 0 Å². The molecule has 0 unspecified atom stereocenters. The molecule has 2 rings (SSSR count). The van der Waals surface area contributed by atoms with Gasteiger partial charge in [-0.25, -0.2) is 9.97 Å². The van der Waals surface area contributed by atoms with Gasteiger partial charge in [0.25, 0.3) is 0 Å². The number of pyridine rings is 1. The molecule has 0 bridgehead atoms. The highest BCUT2D eigenvalue weighted by Gasteiger charge is 2.13. The Morgan fingerprint density at radius 2 is 1.83 bits per heavy atom. The van der Waals surface area contributed by atoms with Crippen LogP contribution in [-0.4, -0.2) is 15.0 Å². The first kappa shape index (κ1) is 13.2. The van der Waals surface area contributed by atoms with E-state index in [0.717, 1.165) is 24.0 Å². The van der Waals surface area contributed by atoms with Crippen LogP contribution in [-0.2, 0) is 6.42 Å². The Hall–Kier alpha value is -1.19. The van der Waals surface area contributed by atoms with E-state index in [0.29, 0.717) is 21.8 Å². The van der Waals surface area contributed by atoms with Crippen LogP contribution < -0.4 is 0 Å². The highest BCUT2D eigenvalue weighted by molar-refractivity contribution is 6.34. The van der Waals surface area contributed by atoms with Gasteiger partial charge in [-0.2, -0.15) is 0 Å². The van der Waals surface area contributed by atoms with Crippen molar-refractivity contribution in [2.45, 2.75) is 26.7 Å². The Kier molecular flexibility index (Phi) is 4.15. The van der Waals surface area contributed by atoms with E-state index >= 15 is 0 Å². The maximum atomic E-state index is 6.15. The molecule has 0 N–H and O–H groups in total. The van der Waals surface area contributed by atoms with Crippen molar-refractivity contribution in [1.29, 1.82) is 0 Å². The molecule has 0 amide bonds. The first-order valence-corrected chi connectivity index (χ1v) is 6.53. The summed E-state index contributed by atoms with van der Waals surface area (Å²) in [5, 5.41) is 0.828. The Morgan fingerprint density at radius 3 is 2.39 bits per heavy atom. The van der Waals surface area contributed by atoms with Crippen molar-refractivity contribution in [1.82, 2.24) is 15.0 Å². The number of halogens is 2. The Balaban J connectivity index is 2.52. The summed E-state index contributed by atoms with van der Waals surface area (Å²) in [6, 6.07) is 3.82. The monoisotopic (exact) mass is 281 g/mol. The molecule has 2 aromatic heterocycles. The number of aryl methyl sites for hydroxylation is 1. The third-order valence-corrected chi connectivity index (χ3v) is 3.25. The van der Waals surface area contributed by atoms with Gasteiger partial charge in [-0.05, 0) is 25.0 Å². The van der Waals surface area contributed by atoms with Gasteiger partial charge in [0.1, 0.15) is 16.0 Å². The highest BCUT2D eigenvalue weighted by Crippen LogP contribution is 2.26. The van der Waals surface area contributed by atoms with Gasteiger partial charge in [-0.3, -0.25) is 4.98 Å². The van der Waals surface area contributed by atoms with Gasteiger partial charge in [0.2, 0.25) is 0 Å². The van der Waals surface area contributed by atoms with E-state index in [4.69, 9.17) is 23.2 Å². The van der Waals surface area contributed by atoms with Gasteiger partial charge in [-0.1, -0.05) is 42.6 Å². The maximum Gasteiger partial charge on any atom is 0.181 e. The van der Waals surface area contributed by atoms with E-state index in [2.05, 4.69) is 21.9 Å². The molecule has 0 aliphatic heterocycles. The Bertz CT molecular complexity index is 547. The van der Waals surface area contributed by atoms with Crippen molar-refractivity contribution in [2.24, 2.45) is 0 Å². The fourth-order valence-electron chi connectivity index (χ4n) is 1.71. The van der Waals surface area contributed by atoms with Crippen LogP contribution in [0, 0.1) is 6.92 Å². The molecular weight excluding hydrogens is 269 g/mol. The van der Waals surface area contributed by atoms with E-state index in [1.165, 1.54) is 0 Å². The third-order valence-electron chi connectivity index (χ3n) is 2.63. The van der Waals surface area contributed by atoms with Crippen LogP contribution in [0.5, 0.6) is 0 Å². The van der Waals surface area contributed by atoms with Crippen molar-refractivity contribution in [2.75, 3.05) is 0 Å². The average Bonchev–Trinajstić information content (AvgIpc) is 2.34. The van der Waals surface area contributed by atoms with Gasteiger partial charge in [0.15, 0.2) is 5.82 Å². The zero-order valence-corrected chi connectivity index (χ0v) is 11.8. The summed E-state index contributed by atoms with van der Waals surface area (Å²) in [7, 11) is 0. The molecule has 0 saturated heterocycles. The second-order valence-corrected chi connectivity index (χ2v) is 4.74. The molecule has 0 saturated carbocycles. The molecule has 0 atom stereocenters. The lowest BCUT2D eigenvalue weighted by Gasteiger charge is -2.08. The third kappa shape index (κ3) is 2.62. The predicted octanol–water partition coefficient (Wildman–Crippen LogP) is 4.11. The average molecular weight is 282 g/mol. The quantitative estimate of drug-likeness (QED) is 0.795. The van der Waals surface area contributed by atoms with Gasteiger partial charge in [0, 0.05) is 11.8 Å². The molecule has 2 aromatic rings. The first-order chi connectivity index (χ1) is 8.63. The summed E-state index contributed by atoms with van der Waals surface area (Å²) >= 11 is 12.3. The highest BCUT2D eigenvalue weighted by atomic mass is 35.5. The van der Waals surface area contributed by atoms with Crippen LogP contribution in [0.4, 0.5) is 0 Å². The fourth-order valence-corrected chi connectivity index (χ4v) is 2.29. The molecule has 0 spiro atoms. The Labute approximate surface area is 116 Å². The number of hydrogen-bond donors (Lipinski definition) is 0. The van der Waals surface area contributed by atoms with Crippen LogP contribution >= 0.6 is 23.2 Å². The van der Waals surface area contributed by atoms with Crippen molar-refractivity contribution < 1.29 is 0 Å². The normalized spacial score (nSPS) is 10.7. The lowest BCUT2D eigenvalue weighted by molar-refractivity contribution is 0.901. The van der Waals surface area contributed by atoms with E-state index in [-0.39, 0.29) is 0 Å². The molecule has 5 heteroatoms. The Morgan fingerprint density at radius 1 is 1.17 bits per heavy atom. The minimum Gasteiger partial charge on any atom is -0.253 e. The number of nitrogens with zero attached hydrogens (tertiary/aromatic N) is 3. The van der Waals surface area contributed by atoms with Crippen LogP contribution in [0.25, 0.3) is 11.5 Å². The lowest BCUT2D eigenvalue weighted by Crippen LogP contribution is -1.99. The number of aromatic nitrogens is 3. The maximum absolute atomic E-state index is 6.15. The van der Waals surface area contributed by atoms with E-state index in [9.17, 15) is 0 Å². The van der Waals surface area contributed by atoms with Gasteiger partial charge >= 0.3 is 0 Å². The number of hydrogen-bond acceptors (Lipinski definition) is 3. The van der Waals surface area contributed by atoms with Crippen molar-refractivity contribution in [3.05, 3.63) is 39.8 Å². The minimum absolute atomic E-state index is 0.414. The molecule has 0 fully saturated rings. The SMILES string of the molecule is CCCc1c(Cl)nc(-c2ncccc2C)nc1Cl.